The Balaban J connectivity index is 1.38. The number of carbonyl (C=O) groups is 1. The Kier molecular flexibility index (Phi) is 5.85. The Morgan fingerprint density at radius 2 is 1.55 bits per heavy atom. The number of aromatic nitrogens is 1. The number of pyridine rings is 1. The fourth-order valence-corrected chi connectivity index (χ4v) is 4.78. The first-order valence-corrected chi connectivity index (χ1v) is 11.5. The Morgan fingerprint density at radius 3 is 2.35 bits per heavy atom. The summed E-state index contributed by atoms with van der Waals surface area (Å²) >= 11 is 0. The number of nitrogens with zero attached hydrogens (tertiary/aromatic N) is 3. The molecule has 5 rings (SSSR count). The van der Waals surface area contributed by atoms with Gasteiger partial charge in [-0.15, -0.1) is 0 Å². The van der Waals surface area contributed by atoms with E-state index < -0.39 is 0 Å². The number of hydrogen-bond acceptors (Lipinski definition) is 4. The SMILES string of the molecule is O=C(NCc1ccccc1CN1CCCC1)c1cc2ccccc2nc1N1CCCC1. The predicted octanol–water partition coefficient (Wildman–Crippen LogP) is 4.36. The first-order valence-electron chi connectivity index (χ1n) is 11.5. The van der Waals surface area contributed by atoms with E-state index in [1.54, 1.807) is 0 Å². The average Bonchev–Trinajstić information content (AvgIpc) is 3.52. The Morgan fingerprint density at radius 1 is 0.871 bits per heavy atom. The molecule has 2 aliphatic rings. The van der Waals surface area contributed by atoms with Gasteiger partial charge in [-0.1, -0.05) is 42.5 Å². The van der Waals surface area contributed by atoms with E-state index in [9.17, 15) is 4.79 Å². The van der Waals surface area contributed by atoms with Gasteiger partial charge in [0.05, 0.1) is 11.1 Å². The maximum atomic E-state index is 13.3. The highest BCUT2D eigenvalue weighted by molar-refractivity contribution is 6.02. The van der Waals surface area contributed by atoms with Gasteiger partial charge in [-0.2, -0.15) is 0 Å². The lowest BCUT2D eigenvalue weighted by atomic mass is 10.1. The number of nitrogens with one attached hydrogen (secondary N) is 1. The molecule has 3 heterocycles. The molecule has 0 saturated carbocycles. The second-order valence-electron chi connectivity index (χ2n) is 8.68. The molecule has 0 bridgehead atoms. The van der Waals surface area contributed by atoms with Gasteiger partial charge in [0, 0.05) is 31.6 Å². The molecule has 2 fully saturated rings. The van der Waals surface area contributed by atoms with Crippen molar-refractivity contribution >= 4 is 22.6 Å². The van der Waals surface area contributed by atoms with Gasteiger partial charge in [0.15, 0.2) is 0 Å². The van der Waals surface area contributed by atoms with Crippen molar-refractivity contribution in [2.24, 2.45) is 0 Å². The van der Waals surface area contributed by atoms with E-state index in [1.807, 2.05) is 30.3 Å². The third kappa shape index (κ3) is 4.42. The molecule has 3 aromatic rings. The highest BCUT2D eigenvalue weighted by Crippen LogP contribution is 2.27. The van der Waals surface area contributed by atoms with Crippen LogP contribution in [0.15, 0.2) is 54.6 Å². The highest BCUT2D eigenvalue weighted by atomic mass is 16.1. The Labute approximate surface area is 184 Å². The fourth-order valence-electron chi connectivity index (χ4n) is 4.78. The van der Waals surface area contributed by atoms with Crippen molar-refractivity contribution < 1.29 is 4.79 Å². The molecule has 1 aromatic heterocycles. The minimum Gasteiger partial charge on any atom is -0.356 e. The number of hydrogen-bond donors (Lipinski definition) is 1. The molecule has 160 valence electrons. The maximum absolute atomic E-state index is 13.3. The van der Waals surface area contributed by atoms with Crippen molar-refractivity contribution in [3.63, 3.8) is 0 Å². The van der Waals surface area contributed by atoms with Gasteiger partial charge in [0.2, 0.25) is 0 Å². The molecule has 0 atom stereocenters. The molecule has 1 N–H and O–H groups in total. The molecule has 2 saturated heterocycles. The van der Waals surface area contributed by atoms with Crippen molar-refractivity contribution in [2.45, 2.75) is 38.8 Å². The van der Waals surface area contributed by atoms with Gasteiger partial charge in [-0.3, -0.25) is 9.69 Å². The second kappa shape index (κ2) is 9.06. The van der Waals surface area contributed by atoms with Crippen molar-refractivity contribution in [1.82, 2.24) is 15.2 Å². The predicted molar refractivity (Wildman–Crippen MR) is 125 cm³/mol. The largest absolute Gasteiger partial charge is 0.356 e. The molecule has 1 amide bonds. The van der Waals surface area contributed by atoms with Crippen LogP contribution in [0.4, 0.5) is 5.82 Å². The Hall–Kier alpha value is -2.92. The van der Waals surface area contributed by atoms with Crippen molar-refractivity contribution in [2.75, 3.05) is 31.1 Å². The summed E-state index contributed by atoms with van der Waals surface area (Å²) in [4.78, 5) is 22.9. The van der Waals surface area contributed by atoms with Gasteiger partial charge >= 0.3 is 0 Å². The van der Waals surface area contributed by atoms with Crippen LogP contribution in [0.2, 0.25) is 0 Å². The monoisotopic (exact) mass is 414 g/mol. The third-order valence-electron chi connectivity index (χ3n) is 6.50. The molecule has 31 heavy (non-hydrogen) atoms. The van der Waals surface area contributed by atoms with Crippen LogP contribution in [0.5, 0.6) is 0 Å². The van der Waals surface area contributed by atoms with Gasteiger partial charge < -0.3 is 10.2 Å². The summed E-state index contributed by atoms with van der Waals surface area (Å²) in [7, 11) is 0. The first-order chi connectivity index (χ1) is 15.3. The molecular formula is C26H30N4O. The lowest BCUT2D eigenvalue weighted by Gasteiger charge is -2.21. The molecule has 5 heteroatoms. The zero-order chi connectivity index (χ0) is 21.0. The van der Waals surface area contributed by atoms with E-state index in [0.717, 1.165) is 49.2 Å². The van der Waals surface area contributed by atoms with E-state index in [2.05, 4.69) is 39.4 Å². The van der Waals surface area contributed by atoms with Gasteiger partial charge in [-0.25, -0.2) is 4.98 Å². The molecule has 0 radical (unpaired) electrons. The van der Waals surface area contributed by atoms with Crippen LogP contribution in [0.25, 0.3) is 10.9 Å². The highest BCUT2D eigenvalue weighted by Gasteiger charge is 2.22. The van der Waals surface area contributed by atoms with Crippen LogP contribution in [0.3, 0.4) is 0 Å². The number of carbonyl (C=O) groups excluding carboxylic acids is 1. The van der Waals surface area contributed by atoms with Gasteiger partial charge in [-0.05, 0) is 62.0 Å². The zero-order valence-electron chi connectivity index (χ0n) is 18.0. The summed E-state index contributed by atoms with van der Waals surface area (Å²) in [6.07, 6.45) is 4.87. The minimum absolute atomic E-state index is 0.0453. The summed E-state index contributed by atoms with van der Waals surface area (Å²) in [5.74, 6) is 0.773. The van der Waals surface area contributed by atoms with E-state index in [1.165, 1.54) is 37.1 Å². The van der Waals surface area contributed by atoms with Gasteiger partial charge in [0.1, 0.15) is 5.82 Å². The summed E-state index contributed by atoms with van der Waals surface area (Å²) in [6, 6.07) is 18.5. The smallest absolute Gasteiger partial charge is 0.255 e. The summed E-state index contributed by atoms with van der Waals surface area (Å²) in [6.45, 7) is 5.76. The molecule has 2 aliphatic heterocycles. The normalized spacial score (nSPS) is 16.8. The number of amides is 1. The molecule has 0 spiro atoms. The average molecular weight is 415 g/mol. The lowest BCUT2D eigenvalue weighted by molar-refractivity contribution is 0.0951. The maximum Gasteiger partial charge on any atom is 0.255 e. The zero-order valence-corrected chi connectivity index (χ0v) is 18.0. The summed E-state index contributed by atoms with van der Waals surface area (Å²) in [5.41, 5.74) is 4.12. The number of para-hydroxylation sites is 1. The number of anilines is 1. The quantitative estimate of drug-likeness (QED) is 0.651. The van der Waals surface area contributed by atoms with Crippen LogP contribution in [-0.4, -0.2) is 42.0 Å². The van der Waals surface area contributed by atoms with E-state index in [0.29, 0.717) is 12.1 Å². The topological polar surface area (TPSA) is 48.5 Å². The van der Waals surface area contributed by atoms with Crippen LogP contribution < -0.4 is 10.2 Å². The number of likely N-dealkylation sites (tertiary alicyclic amines) is 1. The minimum atomic E-state index is -0.0453. The van der Waals surface area contributed by atoms with Crippen molar-refractivity contribution in [3.8, 4) is 0 Å². The van der Waals surface area contributed by atoms with Crippen LogP contribution in [0, 0.1) is 0 Å². The van der Waals surface area contributed by atoms with Crippen LogP contribution in [0.1, 0.15) is 47.2 Å². The van der Waals surface area contributed by atoms with Crippen LogP contribution in [-0.2, 0) is 13.1 Å². The molecular weight excluding hydrogens is 384 g/mol. The summed E-state index contributed by atoms with van der Waals surface area (Å²) in [5, 5.41) is 4.19. The standard InChI is InChI=1S/C26H30N4O/c31-26(27-18-21-10-1-2-11-22(21)19-29-13-5-6-14-29)23-17-20-9-3-4-12-24(20)28-25(23)30-15-7-8-16-30/h1-4,9-12,17H,5-8,13-16,18-19H2,(H,27,31). The van der Waals surface area contributed by atoms with Gasteiger partial charge in [0.25, 0.3) is 5.91 Å². The lowest BCUT2D eigenvalue weighted by Crippen LogP contribution is -2.28. The summed E-state index contributed by atoms with van der Waals surface area (Å²) < 4.78 is 0. The second-order valence-corrected chi connectivity index (χ2v) is 8.68. The van der Waals surface area contributed by atoms with E-state index >= 15 is 0 Å². The fraction of sp³-hybridized carbons (Fsp3) is 0.385. The number of benzene rings is 2. The van der Waals surface area contributed by atoms with Crippen molar-refractivity contribution in [1.29, 1.82) is 0 Å². The molecule has 5 nitrogen and oxygen atoms in total. The molecule has 0 unspecified atom stereocenters. The van der Waals surface area contributed by atoms with Crippen LogP contribution >= 0.6 is 0 Å². The molecule has 2 aromatic carbocycles. The number of fused-ring (bicyclic) bond motifs is 1. The van der Waals surface area contributed by atoms with Crippen molar-refractivity contribution in [3.05, 3.63) is 71.3 Å². The molecule has 0 aliphatic carbocycles. The first kappa shape index (κ1) is 20.0. The van der Waals surface area contributed by atoms with E-state index in [-0.39, 0.29) is 5.91 Å². The number of rotatable bonds is 6. The third-order valence-corrected chi connectivity index (χ3v) is 6.50. The Bertz CT molecular complexity index is 1070. The van der Waals surface area contributed by atoms with E-state index in [4.69, 9.17) is 4.98 Å².